The molecule has 0 radical (unpaired) electrons. The number of methoxy groups -OCH3 is 1. The Balaban J connectivity index is 1.65. The summed E-state index contributed by atoms with van der Waals surface area (Å²) in [7, 11) is 1.60. The smallest absolute Gasteiger partial charge is 0.230 e. The number of carbonyl (C=O) groups excluding carboxylic acids is 1. The number of rotatable bonds is 5. The minimum Gasteiger partial charge on any atom is -0.497 e. The summed E-state index contributed by atoms with van der Waals surface area (Å²) in [5, 5.41) is 6.00. The number of benzene rings is 2. The molecule has 0 spiro atoms. The van der Waals surface area contributed by atoms with Crippen LogP contribution < -0.4 is 10.1 Å². The average molecular weight is 359 g/mol. The lowest BCUT2D eigenvalue weighted by molar-refractivity contribution is -0.115. The number of carbonyl (C=O) groups is 1. The van der Waals surface area contributed by atoms with E-state index in [2.05, 4.69) is 10.3 Å². The van der Waals surface area contributed by atoms with Gasteiger partial charge in [0.2, 0.25) is 5.91 Å². The third kappa shape index (κ3) is 4.13. The van der Waals surface area contributed by atoms with Crippen molar-refractivity contribution in [2.75, 3.05) is 12.4 Å². The maximum absolute atomic E-state index is 12.2. The van der Waals surface area contributed by atoms with Crippen molar-refractivity contribution in [3.05, 3.63) is 64.5 Å². The minimum atomic E-state index is -0.111. The van der Waals surface area contributed by atoms with E-state index >= 15 is 0 Å². The molecule has 24 heavy (non-hydrogen) atoms. The van der Waals surface area contributed by atoms with E-state index < -0.39 is 0 Å². The lowest BCUT2D eigenvalue weighted by atomic mass is 10.1. The Morgan fingerprint density at radius 1 is 1.25 bits per heavy atom. The Kier molecular flexibility index (Phi) is 5.13. The number of halogens is 1. The molecule has 0 aliphatic carbocycles. The summed E-state index contributed by atoms with van der Waals surface area (Å²) in [5.41, 5.74) is 2.67. The number of amides is 1. The van der Waals surface area contributed by atoms with Crippen molar-refractivity contribution >= 4 is 34.0 Å². The number of hydrogen-bond acceptors (Lipinski definition) is 4. The number of aromatic nitrogens is 1. The molecule has 3 aromatic rings. The summed E-state index contributed by atoms with van der Waals surface area (Å²) >= 11 is 7.28. The van der Waals surface area contributed by atoms with E-state index in [-0.39, 0.29) is 12.3 Å². The molecule has 122 valence electrons. The highest BCUT2D eigenvalue weighted by Gasteiger charge is 2.09. The van der Waals surface area contributed by atoms with E-state index in [4.69, 9.17) is 16.3 Å². The van der Waals surface area contributed by atoms with Crippen LogP contribution >= 0.6 is 22.9 Å². The molecule has 1 aromatic heterocycles. The van der Waals surface area contributed by atoms with Crippen molar-refractivity contribution in [2.24, 2.45) is 0 Å². The molecule has 0 saturated heterocycles. The molecule has 3 rings (SSSR count). The van der Waals surface area contributed by atoms with Crippen molar-refractivity contribution in [3.8, 4) is 17.0 Å². The summed E-state index contributed by atoms with van der Waals surface area (Å²) < 4.78 is 5.16. The molecule has 0 unspecified atom stereocenters. The van der Waals surface area contributed by atoms with Gasteiger partial charge < -0.3 is 10.1 Å². The van der Waals surface area contributed by atoms with Gasteiger partial charge in [0.25, 0.3) is 0 Å². The fraction of sp³-hybridized carbons (Fsp3) is 0.111. The van der Waals surface area contributed by atoms with Gasteiger partial charge in [0.15, 0.2) is 5.13 Å². The second-order valence-electron chi connectivity index (χ2n) is 5.12. The zero-order chi connectivity index (χ0) is 16.9. The Hall–Kier alpha value is -2.37. The molecule has 0 aliphatic heterocycles. The van der Waals surface area contributed by atoms with Crippen LogP contribution in [-0.4, -0.2) is 18.0 Å². The highest BCUT2D eigenvalue weighted by molar-refractivity contribution is 7.14. The van der Waals surface area contributed by atoms with Gasteiger partial charge in [-0.3, -0.25) is 4.79 Å². The molecule has 0 atom stereocenters. The fourth-order valence-corrected chi connectivity index (χ4v) is 3.08. The van der Waals surface area contributed by atoms with Crippen LogP contribution in [-0.2, 0) is 11.2 Å². The molecular formula is C18H15ClN2O2S. The summed E-state index contributed by atoms with van der Waals surface area (Å²) in [5.74, 6) is 0.625. The van der Waals surface area contributed by atoms with Crippen LogP contribution in [0.4, 0.5) is 5.13 Å². The van der Waals surface area contributed by atoms with Gasteiger partial charge in [-0.1, -0.05) is 35.9 Å². The van der Waals surface area contributed by atoms with E-state index in [0.717, 1.165) is 22.6 Å². The number of nitrogens with zero attached hydrogens (tertiary/aromatic N) is 1. The number of hydrogen-bond donors (Lipinski definition) is 1. The van der Waals surface area contributed by atoms with E-state index in [9.17, 15) is 4.79 Å². The van der Waals surface area contributed by atoms with Crippen LogP contribution in [0, 0.1) is 0 Å². The van der Waals surface area contributed by atoms with Gasteiger partial charge in [0.05, 0.1) is 19.2 Å². The Morgan fingerprint density at radius 2 is 2.04 bits per heavy atom. The first kappa shape index (κ1) is 16.5. The largest absolute Gasteiger partial charge is 0.497 e. The molecular weight excluding hydrogens is 344 g/mol. The van der Waals surface area contributed by atoms with Gasteiger partial charge in [-0.05, 0) is 29.8 Å². The van der Waals surface area contributed by atoms with E-state index in [1.54, 1.807) is 7.11 Å². The molecule has 1 amide bonds. The molecule has 0 bridgehead atoms. The standard InChI is InChI=1S/C18H15ClN2O2S/c1-23-15-4-2-3-12(9-15)10-17(22)21-18-20-16(11-24-18)13-5-7-14(19)8-6-13/h2-9,11H,10H2,1H3,(H,20,21,22). The van der Waals surface area contributed by atoms with Crippen LogP contribution in [0.25, 0.3) is 11.3 Å². The van der Waals surface area contributed by atoms with Crippen LogP contribution in [0.2, 0.25) is 5.02 Å². The zero-order valence-corrected chi connectivity index (χ0v) is 14.5. The zero-order valence-electron chi connectivity index (χ0n) is 13.0. The molecule has 6 heteroatoms. The van der Waals surface area contributed by atoms with Gasteiger partial charge in [-0.25, -0.2) is 4.98 Å². The maximum Gasteiger partial charge on any atom is 0.230 e. The van der Waals surface area contributed by atoms with Gasteiger partial charge >= 0.3 is 0 Å². The second kappa shape index (κ2) is 7.47. The van der Waals surface area contributed by atoms with Crippen LogP contribution in [0.1, 0.15) is 5.56 Å². The first-order valence-corrected chi connectivity index (χ1v) is 8.54. The quantitative estimate of drug-likeness (QED) is 0.722. The minimum absolute atomic E-state index is 0.111. The Labute approximate surface area is 149 Å². The summed E-state index contributed by atoms with van der Waals surface area (Å²) in [4.78, 5) is 16.6. The van der Waals surface area contributed by atoms with Crippen LogP contribution in [0.3, 0.4) is 0 Å². The van der Waals surface area contributed by atoms with Gasteiger partial charge in [-0.2, -0.15) is 0 Å². The molecule has 1 N–H and O–H groups in total. The lowest BCUT2D eigenvalue weighted by Gasteiger charge is -2.04. The van der Waals surface area contributed by atoms with Gasteiger partial charge in [0, 0.05) is 16.0 Å². The summed E-state index contributed by atoms with van der Waals surface area (Å²) in [6, 6.07) is 14.9. The monoisotopic (exact) mass is 358 g/mol. The average Bonchev–Trinajstić information content (AvgIpc) is 3.04. The highest BCUT2D eigenvalue weighted by atomic mass is 35.5. The van der Waals surface area contributed by atoms with Crippen LogP contribution in [0.5, 0.6) is 5.75 Å². The van der Waals surface area contributed by atoms with Crippen molar-refractivity contribution in [1.29, 1.82) is 0 Å². The van der Waals surface area contributed by atoms with E-state index in [0.29, 0.717) is 10.2 Å². The predicted molar refractivity (Wildman–Crippen MR) is 97.9 cm³/mol. The first-order chi connectivity index (χ1) is 11.6. The summed E-state index contributed by atoms with van der Waals surface area (Å²) in [6.45, 7) is 0. The third-order valence-corrected chi connectivity index (χ3v) is 4.40. The topological polar surface area (TPSA) is 51.2 Å². The van der Waals surface area contributed by atoms with Crippen LogP contribution in [0.15, 0.2) is 53.9 Å². The van der Waals surface area contributed by atoms with Crippen molar-refractivity contribution in [1.82, 2.24) is 4.98 Å². The second-order valence-corrected chi connectivity index (χ2v) is 6.42. The molecule has 2 aromatic carbocycles. The molecule has 0 saturated carbocycles. The normalized spacial score (nSPS) is 10.4. The number of anilines is 1. The molecule has 0 fully saturated rings. The fourth-order valence-electron chi connectivity index (χ4n) is 2.22. The van der Waals surface area contributed by atoms with Crippen molar-refractivity contribution in [2.45, 2.75) is 6.42 Å². The van der Waals surface area contributed by atoms with Crippen molar-refractivity contribution in [3.63, 3.8) is 0 Å². The van der Waals surface area contributed by atoms with E-state index in [1.807, 2.05) is 53.9 Å². The molecule has 4 nitrogen and oxygen atoms in total. The van der Waals surface area contributed by atoms with Crippen molar-refractivity contribution < 1.29 is 9.53 Å². The lowest BCUT2D eigenvalue weighted by Crippen LogP contribution is -2.14. The highest BCUT2D eigenvalue weighted by Crippen LogP contribution is 2.26. The van der Waals surface area contributed by atoms with E-state index in [1.165, 1.54) is 11.3 Å². The SMILES string of the molecule is COc1cccc(CC(=O)Nc2nc(-c3ccc(Cl)cc3)cs2)c1. The Bertz CT molecular complexity index is 846. The summed E-state index contributed by atoms with van der Waals surface area (Å²) in [6.07, 6.45) is 0.271. The first-order valence-electron chi connectivity index (χ1n) is 7.28. The predicted octanol–water partition coefficient (Wildman–Crippen LogP) is 4.65. The number of nitrogens with one attached hydrogen (secondary N) is 1. The molecule has 0 aliphatic rings. The third-order valence-electron chi connectivity index (χ3n) is 3.39. The van der Waals surface area contributed by atoms with Gasteiger partial charge in [0.1, 0.15) is 5.75 Å². The van der Waals surface area contributed by atoms with Gasteiger partial charge in [-0.15, -0.1) is 11.3 Å². The molecule has 1 heterocycles. The Morgan fingerprint density at radius 3 is 2.79 bits per heavy atom. The number of ether oxygens (including phenoxy) is 1. The number of thiazole rings is 1. The maximum atomic E-state index is 12.2.